The van der Waals surface area contributed by atoms with E-state index in [9.17, 15) is 0 Å². The molecule has 13 rings (SSSR count). The molecule has 4 nitrogen and oxygen atoms in total. The van der Waals surface area contributed by atoms with E-state index in [4.69, 9.17) is 19.4 Å². The Labute approximate surface area is 358 Å². The first-order valence-electron chi connectivity index (χ1n) is 21.1. The summed E-state index contributed by atoms with van der Waals surface area (Å²) < 4.78 is 6.37. The Hall–Kier alpha value is -8.21. The van der Waals surface area contributed by atoms with Crippen LogP contribution in [0, 0.1) is 0 Å². The summed E-state index contributed by atoms with van der Waals surface area (Å²) in [6, 6.07) is 75.6. The average molecular weight is 790 g/mol. The molecule has 0 unspecified atom stereocenters. The highest BCUT2D eigenvalue weighted by Crippen LogP contribution is 2.63. The first-order chi connectivity index (χ1) is 30.7. The van der Waals surface area contributed by atoms with Gasteiger partial charge in [0.25, 0.3) is 0 Å². The molecule has 4 heteroatoms. The van der Waals surface area contributed by atoms with Crippen LogP contribution >= 0.6 is 0 Å². The zero-order valence-corrected chi connectivity index (χ0v) is 33.5. The Balaban J connectivity index is 0.907. The lowest BCUT2D eigenvalue weighted by Gasteiger charge is -2.30. The summed E-state index contributed by atoms with van der Waals surface area (Å²) >= 11 is 0. The van der Waals surface area contributed by atoms with Crippen LogP contribution in [0.2, 0.25) is 0 Å². The molecule has 0 radical (unpaired) electrons. The molecule has 2 heterocycles. The molecule has 0 saturated heterocycles. The predicted molar refractivity (Wildman–Crippen MR) is 251 cm³/mol. The molecule has 0 N–H and O–H groups in total. The molecule has 2 aliphatic rings. The Kier molecular flexibility index (Phi) is 7.49. The van der Waals surface area contributed by atoms with Crippen molar-refractivity contribution in [2.45, 2.75) is 5.41 Å². The van der Waals surface area contributed by atoms with Gasteiger partial charge in [0.05, 0.1) is 5.41 Å². The minimum atomic E-state index is -0.386. The van der Waals surface area contributed by atoms with E-state index < -0.39 is 0 Å². The number of hydrogen-bond acceptors (Lipinski definition) is 4. The van der Waals surface area contributed by atoms with E-state index in [-0.39, 0.29) is 5.41 Å². The quantitative estimate of drug-likeness (QED) is 0.174. The molecule has 62 heavy (non-hydrogen) atoms. The lowest BCUT2D eigenvalue weighted by atomic mass is 9.70. The van der Waals surface area contributed by atoms with Crippen molar-refractivity contribution in [2.24, 2.45) is 0 Å². The topological polar surface area (TPSA) is 51.8 Å². The summed E-state index contributed by atoms with van der Waals surface area (Å²) in [7, 11) is 0. The Morgan fingerprint density at radius 1 is 0.290 bits per heavy atom. The van der Waals surface area contributed by atoms with Crippen molar-refractivity contribution in [3.05, 3.63) is 235 Å². The SMILES string of the molecule is c1ccc(-c2nc(-c3ccc(-c4cccc5c4-c4ccccc4C54c5ccccc5-c5ccccc54)cc3)nc(-c3ccc(-c4cccc5c4oc4ccccc45)cc3)n2)cc1. The summed E-state index contributed by atoms with van der Waals surface area (Å²) in [6.45, 7) is 0. The van der Waals surface area contributed by atoms with Gasteiger partial charge in [-0.05, 0) is 67.3 Å². The van der Waals surface area contributed by atoms with Crippen molar-refractivity contribution >= 4 is 21.9 Å². The maximum absolute atomic E-state index is 6.37. The van der Waals surface area contributed by atoms with Gasteiger partial charge in [0, 0.05) is 33.0 Å². The van der Waals surface area contributed by atoms with E-state index in [0.717, 1.165) is 55.3 Å². The van der Waals surface area contributed by atoms with Crippen molar-refractivity contribution < 1.29 is 4.42 Å². The van der Waals surface area contributed by atoms with Crippen LogP contribution in [0.15, 0.2) is 217 Å². The molecule has 9 aromatic carbocycles. The van der Waals surface area contributed by atoms with Gasteiger partial charge >= 0.3 is 0 Å². The largest absolute Gasteiger partial charge is 0.455 e. The highest BCUT2D eigenvalue weighted by Gasteiger charge is 2.51. The van der Waals surface area contributed by atoms with E-state index in [0.29, 0.717) is 17.5 Å². The molecule has 11 aromatic rings. The summed E-state index contributed by atoms with van der Waals surface area (Å²) in [5.41, 5.74) is 19.2. The molecule has 0 bridgehead atoms. The molecule has 288 valence electrons. The molecule has 0 fully saturated rings. The molecule has 2 aliphatic carbocycles. The second-order valence-corrected chi connectivity index (χ2v) is 16.2. The minimum absolute atomic E-state index is 0.386. The highest BCUT2D eigenvalue weighted by atomic mass is 16.3. The maximum Gasteiger partial charge on any atom is 0.164 e. The van der Waals surface area contributed by atoms with Crippen LogP contribution in [0.3, 0.4) is 0 Å². The molecular formula is C58H35N3O. The molecule has 0 amide bonds. The fraction of sp³-hybridized carbons (Fsp3) is 0.0172. The van der Waals surface area contributed by atoms with Crippen molar-refractivity contribution in [3.63, 3.8) is 0 Å². The third kappa shape index (κ3) is 4.98. The smallest absolute Gasteiger partial charge is 0.164 e. The van der Waals surface area contributed by atoms with Crippen LogP contribution in [-0.2, 0) is 5.41 Å². The third-order valence-electron chi connectivity index (χ3n) is 13.0. The van der Waals surface area contributed by atoms with Gasteiger partial charge in [-0.3, -0.25) is 0 Å². The van der Waals surface area contributed by atoms with Crippen LogP contribution in [0.1, 0.15) is 22.3 Å². The first-order valence-corrected chi connectivity index (χ1v) is 21.1. The van der Waals surface area contributed by atoms with Crippen molar-refractivity contribution in [3.8, 4) is 78.7 Å². The lowest BCUT2D eigenvalue weighted by Crippen LogP contribution is -2.25. The van der Waals surface area contributed by atoms with Gasteiger partial charge in [-0.15, -0.1) is 0 Å². The Morgan fingerprint density at radius 2 is 0.710 bits per heavy atom. The van der Waals surface area contributed by atoms with Gasteiger partial charge in [-0.2, -0.15) is 0 Å². The number of furan rings is 1. The van der Waals surface area contributed by atoms with E-state index in [1.165, 1.54) is 50.1 Å². The summed E-state index contributed by atoms with van der Waals surface area (Å²) in [6.07, 6.45) is 0. The average Bonchev–Trinajstić information content (AvgIpc) is 3.99. The number of hydrogen-bond donors (Lipinski definition) is 0. The number of nitrogens with zero attached hydrogens (tertiary/aromatic N) is 3. The molecule has 1 spiro atoms. The summed E-state index contributed by atoms with van der Waals surface area (Å²) in [5.74, 6) is 1.87. The number of para-hydroxylation sites is 2. The van der Waals surface area contributed by atoms with Gasteiger partial charge < -0.3 is 4.42 Å². The molecule has 0 aliphatic heterocycles. The third-order valence-corrected chi connectivity index (χ3v) is 13.0. The van der Waals surface area contributed by atoms with Crippen molar-refractivity contribution in [1.82, 2.24) is 15.0 Å². The standard InChI is InChI=1S/C58H35N3O/c1-2-14-38(15-3-1)55-59-56(61-57(60-55)40-34-30-37(31-35-40)42-21-12-22-46-45-18-7-11-27-52(45)62-54(42)46)39-32-28-36(29-33-39)41-20-13-26-51-53(41)47-19-6-10-25-50(47)58(51)48-23-8-4-16-43(48)44-17-5-9-24-49(44)58/h1-35H. The predicted octanol–water partition coefficient (Wildman–Crippen LogP) is 14.4. The summed E-state index contributed by atoms with van der Waals surface area (Å²) in [4.78, 5) is 15.2. The van der Waals surface area contributed by atoms with Gasteiger partial charge in [0.1, 0.15) is 11.2 Å². The van der Waals surface area contributed by atoms with Gasteiger partial charge in [-0.25, -0.2) is 15.0 Å². The summed E-state index contributed by atoms with van der Waals surface area (Å²) in [5, 5.41) is 2.23. The monoisotopic (exact) mass is 789 g/mol. The number of aromatic nitrogens is 3. The van der Waals surface area contributed by atoms with Gasteiger partial charge in [-0.1, -0.05) is 206 Å². The van der Waals surface area contributed by atoms with Crippen LogP contribution in [-0.4, -0.2) is 15.0 Å². The number of benzene rings is 9. The normalized spacial score (nSPS) is 13.0. The van der Waals surface area contributed by atoms with Crippen molar-refractivity contribution in [1.29, 1.82) is 0 Å². The molecule has 2 aromatic heterocycles. The number of rotatable bonds is 5. The lowest BCUT2D eigenvalue weighted by molar-refractivity contribution is 0.670. The fourth-order valence-corrected chi connectivity index (χ4v) is 10.3. The number of fused-ring (bicyclic) bond motifs is 13. The highest BCUT2D eigenvalue weighted by molar-refractivity contribution is 6.09. The van der Waals surface area contributed by atoms with E-state index in [1.54, 1.807) is 0 Å². The Morgan fingerprint density at radius 3 is 1.35 bits per heavy atom. The van der Waals surface area contributed by atoms with Crippen molar-refractivity contribution in [2.75, 3.05) is 0 Å². The van der Waals surface area contributed by atoms with Crippen LogP contribution in [0.25, 0.3) is 101 Å². The second-order valence-electron chi connectivity index (χ2n) is 16.2. The zero-order chi connectivity index (χ0) is 40.8. The van der Waals surface area contributed by atoms with Crippen LogP contribution in [0.5, 0.6) is 0 Å². The maximum atomic E-state index is 6.37. The molecular weight excluding hydrogens is 755 g/mol. The van der Waals surface area contributed by atoms with Crippen LogP contribution < -0.4 is 0 Å². The van der Waals surface area contributed by atoms with Crippen LogP contribution in [0.4, 0.5) is 0 Å². The Bertz CT molecular complexity index is 3520. The van der Waals surface area contributed by atoms with E-state index >= 15 is 0 Å². The van der Waals surface area contributed by atoms with E-state index in [1.807, 2.05) is 42.5 Å². The first kappa shape index (κ1) is 34.6. The van der Waals surface area contributed by atoms with Gasteiger partial charge in [0.2, 0.25) is 0 Å². The van der Waals surface area contributed by atoms with E-state index in [2.05, 4.69) is 170 Å². The van der Waals surface area contributed by atoms with Gasteiger partial charge in [0.15, 0.2) is 17.5 Å². The second kappa shape index (κ2) is 13.4. The fourth-order valence-electron chi connectivity index (χ4n) is 10.3. The molecule has 0 saturated carbocycles. The minimum Gasteiger partial charge on any atom is -0.455 e. The zero-order valence-electron chi connectivity index (χ0n) is 33.5. The molecule has 0 atom stereocenters.